The summed E-state index contributed by atoms with van der Waals surface area (Å²) in [5.74, 6) is -4.57. The topological polar surface area (TPSA) is 41.1 Å². The van der Waals surface area contributed by atoms with Crippen molar-refractivity contribution in [2.75, 3.05) is 17.2 Å². The third-order valence-electron chi connectivity index (χ3n) is 2.93. The average molecular weight is 363 g/mol. The van der Waals surface area contributed by atoms with Crippen molar-refractivity contribution < 1.29 is 18.0 Å². The summed E-state index contributed by atoms with van der Waals surface area (Å²) in [7, 11) is 0. The van der Waals surface area contributed by atoms with Crippen LogP contribution in [0.25, 0.3) is 0 Å². The van der Waals surface area contributed by atoms with Crippen LogP contribution >= 0.6 is 23.2 Å². The molecule has 0 radical (unpaired) electrons. The van der Waals surface area contributed by atoms with E-state index in [2.05, 4.69) is 10.6 Å². The summed E-state index contributed by atoms with van der Waals surface area (Å²) in [5, 5.41) is 5.58. The second-order valence-electron chi connectivity index (χ2n) is 4.55. The minimum absolute atomic E-state index is 0.0199. The first-order valence-electron chi connectivity index (χ1n) is 6.51. The number of carbonyl (C=O) groups excluding carboxylic acids is 1. The molecule has 1 amide bonds. The van der Waals surface area contributed by atoms with E-state index in [-0.39, 0.29) is 23.7 Å². The molecular formula is C15H11Cl2F3N2O. The minimum Gasteiger partial charge on any atom is -0.382 e. The van der Waals surface area contributed by atoms with Crippen molar-refractivity contribution in [3.8, 4) is 0 Å². The standard InChI is InChI=1S/C15H11Cl2F3N2O/c16-8-2-1-3-10(13(8)17)22-12(23)6-7-21-11-5-4-9(18)14(19)15(11)20/h1-5,21H,6-7H2,(H,22,23). The molecule has 0 aliphatic heterocycles. The zero-order valence-electron chi connectivity index (χ0n) is 11.6. The van der Waals surface area contributed by atoms with Crippen LogP contribution in [0.15, 0.2) is 30.3 Å². The first-order chi connectivity index (χ1) is 10.9. The fourth-order valence-corrected chi connectivity index (χ4v) is 2.13. The van der Waals surface area contributed by atoms with Crippen molar-refractivity contribution in [1.29, 1.82) is 0 Å². The van der Waals surface area contributed by atoms with Gasteiger partial charge in [-0.25, -0.2) is 13.2 Å². The van der Waals surface area contributed by atoms with Crippen LogP contribution in [-0.2, 0) is 4.79 Å². The summed E-state index contributed by atoms with van der Waals surface area (Å²) >= 11 is 11.8. The molecule has 23 heavy (non-hydrogen) atoms. The van der Waals surface area contributed by atoms with Gasteiger partial charge in [-0.2, -0.15) is 0 Å². The van der Waals surface area contributed by atoms with Crippen molar-refractivity contribution in [2.45, 2.75) is 6.42 Å². The number of halogens is 5. The molecule has 0 spiro atoms. The van der Waals surface area contributed by atoms with Gasteiger partial charge >= 0.3 is 0 Å². The summed E-state index contributed by atoms with van der Waals surface area (Å²) in [6.45, 7) is 0.0199. The van der Waals surface area contributed by atoms with Gasteiger partial charge in [0, 0.05) is 13.0 Å². The van der Waals surface area contributed by atoms with Crippen LogP contribution in [0.2, 0.25) is 10.0 Å². The SMILES string of the molecule is O=C(CCNc1ccc(F)c(F)c1F)Nc1cccc(Cl)c1Cl. The number of carbonyl (C=O) groups is 1. The highest BCUT2D eigenvalue weighted by molar-refractivity contribution is 6.43. The third kappa shape index (κ3) is 4.30. The van der Waals surface area contributed by atoms with Crippen LogP contribution in [0.1, 0.15) is 6.42 Å². The van der Waals surface area contributed by atoms with Gasteiger partial charge in [0.25, 0.3) is 0 Å². The Morgan fingerprint density at radius 3 is 2.48 bits per heavy atom. The molecule has 3 nitrogen and oxygen atoms in total. The maximum Gasteiger partial charge on any atom is 0.226 e. The average Bonchev–Trinajstić information content (AvgIpc) is 2.52. The molecule has 8 heteroatoms. The van der Waals surface area contributed by atoms with E-state index in [0.29, 0.717) is 10.7 Å². The summed E-state index contributed by atoms with van der Waals surface area (Å²) in [6.07, 6.45) is -0.0404. The molecule has 2 aromatic carbocycles. The Hall–Kier alpha value is -1.92. The number of amides is 1. The zero-order chi connectivity index (χ0) is 17.0. The molecule has 0 bridgehead atoms. The van der Waals surface area contributed by atoms with Gasteiger partial charge in [0.2, 0.25) is 5.91 Å². The normalized spacial score (nSPS) is 10.5. The molecule has 0 heterocycles. The lowest BCUT2D eigenvalue weighted by Gasteiger charge is -2.10. The fourth-order valence-electron chi connectivity index (χ4n) is 1.79. The van der Waals surface area contributed by atoms with E-state index in [1.807, 2.05) is 0 Å². The predicted molar refractivity (Wildman–Crippen MR) is 84.5 cm³/mol. The third-order valence-corrected chi connectivity index (χ3v) is 3.75. The number of nitrogens with one attached hydrogen (secondary N) is 2. The zero-order valence-corrected chi connectivity index (χ0v) is 13.1. The molecule has 0 atom stereocenters. The lowest BCUT2D eigenvalue weighted by Crippen LogP contribution is -2.17. The quantitative estimate of drug-likeness (QED) is 0.746. The molecule has 2 aromatic rings. The van der Waals surface area contributed by atoms with Gasteiger partial charge in [0.15, 0.2) is 17.5 Å². The number of hydrogen-bond donors (Lipinski definition) is 2. The van der Waals surface area contributed by atoms with Gasteiger partial charge in [-0.3, -0.25) is 4.79 Å². The number of anilines is 2. The Morgan fingerprint density at radius 2 is 1.74 bits per heavy atom. The van der Waals surface area contributed by atoms with Crippen molar-refractivity contribution in [3.05, 3.63) is 57.8 Å². The molecule has 2 N–H and O–H groups in total. The summed E-state index contributed by atoms with van der Waals surface area (Å²) in [6, 6.07) is 6.63. The summed E-state index contributed by atoms with van der Waals surface area (Å²) < 4.78 is 39.3. The van der Waals surface area contributed by atoms with Gasteiger partial charge in [-0.1, -0.05) is 29.3 Å². The lowest BCUT2D eigenvalue weighted by atomic mass is 10.2. The van der Waals surface area contributed by atoms with E-state index in [9.17, 15) is 18.0 Å². The van der Waals surface area contributed by atoms with E-state index < -0.39 is 23.4 Å². The van der Waals surface area contributed by atoms with E-state index in [0.717, 1.165) is 12.1 Å². The van der Waals surface area contributed by atoms with Gasteiger partial charge in [-0.15, -0.1) is 0 Å². The Kier molecular flexibility index (Phi) is 5.74. The van der Waals surface area contributed by atoms with Gasteiger partial charge in [0.1, 0.15) is 0 Å². The minimum atomic E-state index is -1.56. The van der Waals surface area contributed by atoms with Crippen molar-refractivity contribution in [2.24, 2.45) is 0 Å². The summed E-state index contributed by atoms with van der Waals surface area (Å²) in [4.78, 5) is 11.8. The highest BCUT2D eigenvalue weighted by atomic mass is 35.5. The molecule has 0 unspecified atom stereocenters. The maximum atomic E-state index is 13.4. The van der Waals surface area contributed by atoms with Crippen LogP contribution in [0.5, 0.6) is 0 Å². The maximum absolute atomic E-state index is 13.4. The van der Waals surface area contributed by atoms with Gasteiger partial charge < -0.3 is 10.6 Å². The Morgan fingerprint density at radius 1 is 1.00 bits per heavy atom. The van der Waals surface area contributed by atoms with E-state index in [4.69, 9.17) is 23.2 Å². The molecule has 0 aliphatic rings. The fraction of sp³-hybridized carbons (Fsp3) is 0.133. The largest absolute Gasteiger partial charge is 0.382 e. The molecule has 122 valence electrons. The molecule has 0 aliphatic carbocycles. The second-order valence-corrected chi connectivity index (χ2v) is 5.33. The first kappa shape index (κ1) is 17.4. The lowest BCUT2D eigenvalue weighted by molar-refractivity contribution is -0.115. The second kappa shape index (κ2) is 7.57. The number of rotatable bonds is 5. The predicted octanol–water partition coefficient (Wildman–Crippen LogP) is 4.85. The number of hydrogen-bond acceptors (Lipinski definition) is 2. The van der Waals surface area contributed by atoms with Crippen molar-refractivity contribution >= 4 is 40.5 Å². The van der Waals surface area contributed by atoms with Crippen LogP contribution in [-0.4, -0.2) is 12.5 Å². The van der Waals surface area contributed by atoms with E-state index in [1.165, 1.54) is 0 Å². The molecule has 2 rings (SSSR count). The van der Waals surface area contributed by atoms with E-state index >= 15 is 0 Å². The van der Waals surface area contributed by atoms with Crippen LogP contribution in [0.4, 0.5) is 24.5 Å². The molecule has 0 saturated heterocycles. The highest BCUT2D eigenvalue weighted by Gasteiger charge is 2.13. The van der Waals surface area contributed by atoms with Gasteiger partial charge in [-0.05, 0) is 24.3 Å². The van der Waals surface area contributed by atoms with Gasteiger partial charge in [0.05, 0.1) is 21.4 Å². The Bertz CT molecular complexity index is 741. The molecule has 0 aromatic heterocycles. The Labute approximate surface area is 140 Å². The van der Waals surface area contributed by atoms with Crippen LogP contribution in [0.3, 0.4) is 0 Å². The summed E-state index contributed by atoms with van der Waals surface area (Å²) in [5.41, 5.74) is 0.126. The van der Waals surface area contributed by atoms with E-state index in [1.54, 1.807) is 18.2 Å². The Balaban J connectivity index is 1.90. The molecule has 0 saturated carbocycles. The smallest absolute Gasteiger partial charge is 0.226 e. The van der Waals surface area contributed by atoms with Crippen molar-refractivity contribution in [1.82, 2.24) is 0 Å². The first-order valence-corrected chi connectivity index (χ1v) is 7.27. The van der Waals surface area contributed by atoms with Crippen LogP contribution < -0.4 is 10.6 Å². The van der Waals surface area contributed by atoms with Crippen molar-refractivity contribution in [3.63, 3.8) is 0 Å². The highest BCUT2D eigenvalue weighted by Crippen LogP contribution is 2.29. The number of benzene rings is 2. The van der Waals surface area contributed by atoms with Crippen LogP contribution in [0, 0.1) is 17.5 Å². The molecular weight excluding hydrogens is 352 g/mol. The molecule has 0 fully saturated rings. The monoisotopic (exact) mass is 362 g/mol.